The number of amides is 1. The van der Waals surface area contributed by atoms with E-state index in [1.165, 1.54) is 0 Å². The molecule has 0 radical (unpaired) electrons. The third-order valence-corrected chi connectivity index (χ3v) is 3.90. The van der Waals surface area contributed by atoms with Crippen LogP contribution < -0.4 is 5.32 Å². The van der Waals surface area contributed by atoms with Crippen molar-refractivity contribution >= 4 is 11.9 Å². The molecule has 0 aliphatic heterocycles. The maximum absolute atomic E-state index is 12.0. The Morgan fingerprint density at radius 1 is 1.47 bits per heavy atom. The molecule has 0 saturated heterocycles. The van der Waals surface area contributed by atoms with E-state index in [9.17, 15) is 9.59 Å². The zero-order valence-electron chi connectivity index (χ0n) is 11.2. The Kier molecular flexibility index (Phi) is 3.84. The lowest BCUT2D eigenvalue weighted by Crippen LogP contribution is -2.45. The second kappa shape index (κ2) is 4.67. The number of carbonyl (C=O) groups is 2. The number of nitrogens with one attached hydrogen (secondary N) is 1. The van der Waals surface area contributed by atoms with Crippen LogP contribution in [0.5, 0.6) is 0 Å². The van der Waals surface area contributed by atoms with Gasteiger partial charge >= 0.3 is 5.97 Å². The van der Waals surface area contributed by atoms with E-state index < -0.39 is 11.5 Å². The summed E-state index contributed by atoms with van der Waals surface area (Å²) in [5.41, 5.74) is -0.278. The quantitative estimate of drug-likeness (QED) is 0.749. The summed E-state index contributed by atoms with van der Waals surface area (Å²) >= 11 is 0. The largest absolute Gasteiger partial charge is 0.481 e. The van der Waals surface area contributed by atoms with E-state index in [0.717, 1.165) is 12.8 Å². The van der Waals surface area contributed by atoms with Gasteiger partial charge in [-0.2, -0.15) is 0 Å². The predicted octanol–water partition coefficient (Wildman–Crippen LogP) is 2.18. The maximum Gasteiger partial charge on any atom is 0.303 e. The van der Waals surface area contributed by atoms with Crippen LogP contribution in [0.3, 0.4) is 0 Å². The van der Waals surface area contributed by atoms with Crippen LogP contribution in [0.1, 0.15) is 53.4 Å². The molecular formula is C13H23NO3. The Balaban J connectivity index is 2.43. The second-order valence-electron chi connectivity index (χ2n) is 6.03. The molecule has 4 heteroatoms. The lowest BCUT2D eigenvalue weighted by atomic mass is 9.97. The molecule has 1 rings (SSSR count). The van der Waals surface area contributed by atoms with E-state index in [0.29, 0.717) is 6.42 Å². The van der Waals surface area contributed by atoms with E-state index >= 15 is 0 Å². The van der Waals surface area contributed by atoms with Crippen molar-refractivity contribution in [2.75, 3.05) is 0 Å². The third-order valence-electron chi connectivity index (χ3n) is 3.90. The fourth-order valence-corrected chi connectivity index (χ4v) is 2.11. The maximum atomic E-state index is 12.0. The highest BCUT2D eigenvalue weighted by Crippen LogP contribution is 2.54. The van der Waals surface area contributed by atoms with Gasteiger partial charge in [-0.25, -0.2) is 0 Å². The molecule has 1 amide bonds. The van der Waals surface area contributed by atoms with Gasteiger partial charge < -0.3 is 10.4 Å². The number of carbonyl (C=O) groups excluding carboxylic acids is 1. The summed E-state index contributed by atoms with van der Waals surface area (Å²) in [7, 11) is 0. The van der Waals surface area contributed by atoms with E-state index in [1.807, 2.05) is 13.8 Å². The fourth-order valence-electron chi connectivity index (χ4n) is 2.11. The minimum Gasteiger partial charge on any atom is -0.481 e. The molecule has 0 aromatic carbocycles. The number of rotatable bonds is 6. The predicted molar refractivity (Wildman–Crippen MR) is 65.6 cm³/mol. The molecule has 1 fully saturated rings. The van der Waals surface area contributed by atoms with Crippen molar-refractivity contribution in [2.24, 2.45) is 11.3 Å². The van der Waals surface area contributed by atoms with Gasteiger partial charge in [0, 0.05) is 17.9 Å². The lowest BCUT2D eigenvalue weighted by molar-refractivity contribution is -0.138. The molecular weight excluding hydrogens is 218 g/mol. The summed E-state index contributed by atoms with van der Waals surface area (Å²) in [5.74, 6) is -0.640. The summed E-state index contributed by atoms with van der Waals surface area (Å²) < 4.78 is 0. The van der Waals surface area contributed by atoms with Gasteiger partial charge in [0.2, 0.25) is 5.91 Å². The third kappa shape index (κ3) is 3.72. The summed E-state index contributed by atoms with van der Waals surface area (Å²) in [6.07, 6.45) is 2.51. The van der Waals surface area contributed by atoms with Crippen molar-refractivity contribution in [3.8, 4) is 0 Å². The van der Waals surface area contributed by atoms with Crippen LogP contribution in [0.25, 0.3) is 0 Å². The Morgan fingerprint density at radius 3 is 2.47 bits per heavy atom. The molecule has 0 unspecified atom stereocenters. The van der Waals surface area contributed by atoms with Gasteiger partial charge in [-0.3, -0.25) is 9.59 Å². The first-order valence-corrected chi connectivity index (χ1v) is 6.24. The standard InChI is InChI=1S/C13H23NO3/c1-5-13(4)8-9(13)11(17)14-12(2,3)7-6-10(15)16/h9H,5-8H2,1-4H3,(H,14,17)(H,15,16)/t9-,13-/m0/s1. The molecule has 1 aliphatic rings. The highest BCUT2D eigenvalue weighted by molar-refractivity contribution is 5.83. The van der Waals surface area contributed by atoms with Gasteiger partial charge in [0.25, 0.3) is 0 Å². The van der Waals surface area contributed by atoms with Crippen LogP contribution in [-0.4, -0.2) is 22.5 Å². The average molecular weight is 241 g/mol. The summed E-state index contributed by atoms with van der Waals surface area (Å²) in [5, 5.41) is 11.6. The second-order valence-corrected chi connectivity index (χ2v) is 6.03. The van der Waals surface area contributed by atoms with Gasteiger partial charge in [0.05, 0.1) is 0 Å². The van der Waals surface area contributed by atoms with Crippen LogP contribution in [0.4, 0.5) is 0 Å². The number of aliphatic carboxylic acids is 1. The van der Waals surface area contributed by atoms with Crippen LogP contribution in [0.15, 0.2) is 0 Å². The average Bonchev–Trinajstić information content (AvgIpc) is 2.89. The van der Waals surface area contributed by atoms with Gasteiger partial charge in [-0.05, 0) is 38.5 Å². The topological polar surface area (TPSA) is 66.4 Å². The Hall–Kier alpha value is -1.06. The molecule has 2 N–H and O–H groups in total. The zero-order chi connectivity index (χ0) is 13.3. The first-order valence-electron chi connectivity index (χ1n) is 6.24. The molecule has 0 bridgehead atoms. The van der Waals surface area contributed by atoms with Gasteiger partial charge in [-0.15, -0.1) is 0 Å². The van der Waals surface area contributed by atoms with Crippen molar-refractivity contribution in [1.82, 2.24) is 5.32 Å². The molecule has 98 valence electrons. The molecule has 0 heterocycles. The van der Waals surface area contributed by atoms with Gasteiger partial charge in [0.15, 0.2) is 0 Å². The van der Waals surface area contributed by atoms with Crippen molar-refractivity contribution in [2.45, 2.75) is 58.9 Å². The molecule has 1 aliphatic carbocycles. The van der Waals surface area contributed by atoms with E-state index in [2.05, 4.69) is 19.2 Å². The molecule has 0 aromatic rings. The van der Waals surface area contributed by atoms with Gasteiger partial charge in [-0.1, -0.05) is 13.8 Å². The highest BCUT2D eigenvalue weighted by atomic mass is 16.4. The van der Waals surface area contributed by atoms with E-state index in [-0.39, 0.29) is 23.7 Å². The molecule has 2 atom stereocenters. The van der Waals surface area contributed by atoms with Crippen LogP contribution in [0, 0.1) is 11.3 Å². The SMILES string of the molecule is CC[C@@]1(C)C[C@H]1C(=O)NC(C)(C)CCC(=O)O. The van der Waals surface area contributed by atoms with Crippen LogP contribution in [-0.2, 0) is 9.59 Å². The van der Waals surface area contributed by atoms with Crippen molar-refractivity contribution in [3.63, 3.8) is 0 Å². The molecule has 0 spiro atoms. The van der Waals surface area contributed by atoms with Crippen molar-refractivity contribution < 1.29 is 14.7 Å². The summed E-state index contributed by atoms with van der Waals surface area (Å²) in [6, 6.07) is 0. The minimum absolute atomic E-state index is 0.0738. The Labute approximate surface area is 103 Å². The first kappa shape index (κ1) is 14.0. The summed E-state index contributed by atoms with van der Waals surface area (Å²) in [6.45, 7) is 7.98. The van der Waals surface area contributed by atoms with Crippen LogP contribution >= 0.6 is 0 Å². The van der Waals surface area contributed by atoms with Crippen LogP contribution in [0.2, 0.25) is 0 Å². The van der Waals surface area contributed by atoms with Crippen molar-refractivity contribution in [1.29, 1.82) is 0 Å². The molecule has 0 aromatic heterocycles. The van der Waals surface area contributed by atoms with Crippen molar-refractivity contribution in [3.05, 3.63) is 0 Å². The highest BCUT2D eigenvalue weighted by Gasteiger charge is 2.53. The molecule has 4 nitrogen and oxygen atoms in total. The van der Waals surface area contributed by atoms with E-state index in [4.69, 9.17) is 5.11 Å². The lowest BCUT2D eigenvalue weighted by Gasteiger charge is -2.26. The first-order chi connectivity index (χ1) is 7.70. The number of carboxylic acid groups (broad SMARTS) is 1. The fraction of sp³-hybridized carbons (Fsp3) is 0.846. The van der Waals surface area contributed by atoms with E-state index in [1.54, 1.807) is 0 Å². The number of carboxylic acids is 1. The zero-order valence-corrected chi connectivity index (χ0v) is 11.2. The molecule has 1 saturated carbocycles. The van der Waals surface area contributed by atoms with Gasteiger partial charge in [0.1, 0.15) is 0 Å². The summed E-state index contributed by atoms with van der Waals surface area (Å²) in [4.78, 5) is 22.5. The normalized spacial score (nSPS) is 27.6. The monoisotopic (exact) mass is 241 g/mol. The molecule has 17 heavy (non-hydrogen) atoms. The minimum atomic E-state index is -0.822. The smallest absolute Gasteiger partial charge is 0.303 e. The number of hydrogen-bond acceptors (Lipinski definition) is 2. The Morgan fingerprint density at radius 2 is 2.06 bits per heavy atom. The number of hydrogen-bond donors (Lipinski definition) is 2. The Bertz CT molecular complexity index is 325.